The van der Waals surface area contributed by atoms with Gasteiger partial charge >= 0.3 is 0 Å². The van der Waals surface area contributed by atoms with Crippen molar-refractivity contribution in [3.63, 3.8) is 0 Å². The van der Waals surface area contributed by atoms with Gasteiger partial charge in [0, 0.05) is 38.8 Å². The van der Waals surface area contributed by atoms with Crippen LogP contribution < -0.4 is 5.32 Å². The molecule has 0 aromatic heterocycles. The van der Waals surface area contributed by atoms with E-state index in [1.807, 2.05) is 36.9 Å². The highest BCUT2D eigenvalue weighted by atomic mass is 16.2. The zero-order chi connectivity index (χ0) is 17.7. The van der Waals surface area contributed by atoms with Crippen molar-refractivity contribution in [1.29, 1.82) is 0 Å². The van der Waals surface area contributed by atoms with Gasteiger partial charge in [-0.1, -0.05) is 30.3 Å². The summed E-state index contributed by atoms with van der Waals surface area (Å²) in [5.41, 5.74) is 0.264. The van der Waals surface area contributed by atoms with Crippen molar-refractivity contribution in [2.24, 2.45) is 5.41 Å². The maximum atomic E-state index is 12.8. The molecule has 0 atom stereocenters. The second kappa shape index (κ2) is 7.79. The van der Waals surface area contributed by atoms with E-state index in [0.29, 0.717) is 13.1 Å². The summed E-state index contributed by atoms with van der Waals surface area (Å²) in [6.45, 7) is 11.1. The fourth-order valence-electron chi connectivity index (χ4n) is 2.89. The highest BCUT2D eigenvalue weighted by Crippen LogP contribution is 2.21. The van der Waals surface area contributed by atoms with Crippen LogP contribution in [0.15, 0.2) is 30.3 Å². The molecule has 1 aliphatic heterocycles. The summed E-state index contributed by atoms with van der Waals surface area (Å²) < 4.78 is 0. The minimum Gasteiger partial charge on any atom is -0.353 e. The summed E-state index contributed by atoms with van der Waals surface area (Å²) in [6.07, 6.45) is 0. The lowest BCUT2D eigenvalue weighted by Crippen LogP contribution is -2.55. The van der Waals surface area contributed by atoms with Gasteiger partial charge in [0.1, 0.15) is 5.41 Å². The molecule has 1 aromatic carbocycles. The molecule has 1 saturated heterocycles. The smallest absolute Gasteiger partial charge is 0.237 e. The van der Waals surface area contributed by atoms with Crippen molar-refractivity contribution < 1.29 is 9.59 Å². The number of nitrogens with one attached hydrogen (secondary N) is 1. The number of nitrogens with zero attached hydrogens (tertiary/aromatic N) is 2. The molecule has 5 nitrogen and oxygen atoms in total. The van der Waals surface area contributed by atoms with Gasteiger partial charge in [-0.2, -0.15) is 0 Å². The van der Waals surface area contributed by atoms with E-state index in [-0.39, 0.29) is 17.9 Å². The lowest BCUT2D eigenvalue weighted by atomic mass is 9.89. The predicted molar refractivity (Wildman–Crippen MR) is 95.4 cm³/mol. The van der Waals surface area contributed by atoms with Crippen molar-refractivity contribution in [3.05, 3.63) is 35.9 Å². The lowest BCUT2D eigenvalue weighted by Gasteiger charge is -2.38. The number of amides is 2. The molecule has 1 fully saturated rings. The lowest BCUT2D eigenvalue weighted by molar-refractivity contribution is -0.150. The van der Waals surface area contributed by atoms with Crippen molar-refractivity contribution in [2.75, 3.05) is 26.2 Å². The van der Waals surface area contributed by atoms with Crippen LogP contribution in [0.4, 0.5) is 0 Å². The van der Waals surface area contributed by atoms with Gasteiger partial charge in [-0.25, -0.2) is 0 Å². The Morgan fingerprint density at radius 3 is 2.21 bits per heavy atom. The molecule has 0 bridgehead atoms. The molecule has 0 unspecified atom stereocenters. The number of hydrogen-bond donors (Lipinski definition) is 1. The molecule has 24 heavy (non-hydrogen) atoms. The Bertz CT molecular complexity index is 561. The molecule has 1 aliphatic rings. The number of rotatable bonds is 5. The number of carbonyl (C=O) groups excluding carboxylic acids is 2. The minimum atomic E-state index is -1.02. The summed E-state index contributed by atoms with van der Waals surface area (Å²) >= 11 is 0. The van der Waals surface area contributed by atoms with E-state index in [4.69, 9.17) is 0 Å². The summed E-state index contributed by atoms with van der Waals surface area (Å²) in [4.78, 5) is 29.2. The van der Waals surface area contributed by atoms with Crippen LogP contribution in [0.25, 0.3) is 0 Å². The van der Waals surface area contributed by atoms with Crippen molar-refractivity contribution >= 4 is 11.8 Å². The zero-order valence-electron chi connectivity index (χ0n) is 15.2. The van der Waals surface area contributed by atoms with Crippen LogP contribution in [0.1, 0.15) is 33.3 Å². The topological polar surface area (TPSA) is 52.7 Å². The molecule has 1 aromatic rings. The van der Waals surface area contributed by atoms with Crippen molar-refractivity contribution in [1.82, 2.24) is 15.1 Å². The Balaban J connectivity index is 1.89. The van der Waals surface area contributed by atoms with Crippen LogP contribution in [-0.2, 0) is 16.1 Å². The van der Waals surface area contributed by atoms with Gasteiger partial charge in [-0.05, 0) is 33.3 Å². The molecule has 2 amide bonds. The Hall–Kier alpha value is -1.88. The minimum absolute atomic E-state index is 0.0345. The molecular formula is C19H29N3O2. The third-order valence-corrected chi connectivity index (χ3v) is 4.43. The average Bonchev–Trinajstić information content (AvgIpc) is 2.55. The SMILES string of the molecule is CC(C)NC(=O)C(C)(C)C(=O)N1CCN(Cc2ccccc2)CC1. The third-order valence-electron chi connectivity index (χ3n) is 4.43. The molecular weight excluding hydrogens is 302 g/mol. The van der Waals surface area contributed by atoms with Gasteiger partial charge in [0.25, 0.3) is 0 Å². The van der Waals surface area contributed by atoms with Gasteiger partial charge in [0.2, 0.25) is 11.8 Å². The van der Waals surface area contributed by atoms with Gasteiger partial charge in [-0.3, -0.25) is 14.5 Å². The van der Waals surface area contributed by atoms with E-state index < -0.39 is 5.41 Å². The molecule has 132 valence electrons. The molecule has 0 spiro atoms. The van der Waals surface area contributed by atoms with Crippen LogP contribution in [0.2, 0.25) is 0 Å². The first-order chi connectivity index (χ1) is 11.3. The molecule has 0 saturated carbocycles. The Kier molecular flexibility index (Phi) is 5.99. The van der Waals surface area contributed by atoms with E-state index in [9.17, 15) is 9.59 Å². The van der Waals surface area contributed by atoms with E-state index >= 15 is 0 Å². The van der Waals surface area contributed by atoms with E-state index in [0.717, 1.165) is 19.6 Å². The van der Waals surface area contributed by atoms with Gasteiger partial charge in [0.15, 0.2) is 0 Å². The number of hydrogen-bond acceptors (Lipinski definition) is 3. The number of piperazine rings is 1. The Labute approximate surface area is 145 Å². The molecule has 1 N–H and O–H groups in total. The maximum absolute atomic E-state index is 12.8. The average molecular weight is 331 g/mol. The fraction of sp³-hybridized carbons (Fsp3) is 0.579. The third kappa shape index (κ3) is 4.57. The highest BCUT2D eigenvalue weighted by Gasteiger charge is 2.40. The largest absolute Gasteiger partial charge is 0.353 e. The van der Waals surface area contributed by atoms with E-state index in [2.05, 4.69) is 22.3 Å². The first-order valence-corrected chi connectivity index (χ1v) is 8.67. The fourth-order valence-corrected chi connectivity index (χ4v) is 2.89. The van der Waals surface area contributed by atoms with Gasteiger partial charge in [-0.15, -0.1) is 0 Å². The van der Waals surface area contributed by atoms with Crippen LogP contribution in [0.5, 0.6) is 0 Å². The van der Waals surface area contributed by atoms with Crippen LogP contribution >= 0.6 is 0 Å². The molecule has 0 radical (unpaired) electrons. The van der Waals surface area contributed by atoms with Crippen LogP contribution in [0, 0.1) is 5.41 Å². The Morgan fingerprint density at radius 2 is 1.67 bits per heavy atom. The first-order valence-electron chi connectivity index (χ1n) is 8.67. The van der Waals surface area contributed by atoms with Crippen LogP contribution in [-0.4, -0.2) is 53.8 Å². The van der Waals surface area contributed by atoms with Gasteiger partial charge in [0.05, 0.1) is 0 Å². The quantitative estimate of drug-likeness (QED) is 0.838. The normalized spacial score (nSPS) is 16.3. The summed E-state index contributed by atoms with van der Waals surface area (Å²) in [7, 11) is 0. The van der Waals surface area contributed by atoms with Gasteiger partial charge < -0.3 is 10.2 Å². The summed E-state index contributed by atoms with van der Waals surface area (Å²) in [5, 5.41) is 2.85. The van der Waals surface area contributed by atoms with Crippen molar-refractivity contribution in [2.45, 2.75) is 40.3 Å². The standard InChI is InChI=1S/C19H29N3O2/c1-15(2)20-17(23)19(3,4)18(24)22-12-10-21(11-13-22)14-16-8-6-5-7-9-16/h5-9,15H,10-14H2,1-4H3,(H,20,23). The monoisotopic (exact) mass is 331 g/mol. The Morgan fingerprint density at radius 1 is 1.08 bits per heavy atom. The molecule has 0 aliphatic carbocycles. The molecule has 1 heterocycles. The highest BCUT2D eigenvalue weighted by molar-refractivity contribution is 6.04. The summed E-state index contributed by atoms with van der Waals surface area (Å²) in [5.74, 6) is -0.283. The number of benzene rings is 1. The second-order valence-corrected chi connectivity index (χ2v) is 7.31. The number of carbonyl (C=O) groups is 2. The van der Waals surface area contributed by atoms with E-state index in [1.54, 1.807) is 13.8 Å². The summed E-state index contributed by atoms with van der Waals surface area (Å²) in [6, 6.07) is 10.4. The predicted octanol–water partition coefficient (Wildman–Crippen LogP) is 1.88. The zero-order valence-corrected chi connectivity index (χ0v) is 15.2. The van der Waals surface area contributed by atoms with Crippen molar-refractivity contribution in [3.8, 4) is 0 Å². The first kappa shape index (κ1) is 18.5. The van der Waals surface area contributed by atoms with E-state index in [1.165, 1.54) is 5.56 Å². The maximum Gasteiger partial charge on any atom is 0.237 e. The molecule has 2 rings (SSSR count). The molecule has 5 heteroatoms. The van der Waals surface area contributed by atoms with Crippen LogP contribution in [0.3, 0.4) is 0 Å². The second-order valence-electron chi connectivity index (χ2n) is 7.31.